The van der Waals surface area contributed by atoms with Crippen LogP contribution in [0, 0.1) is 5.82 Å². The van der Waals surface area contributed by atoms with Crippen molar-refractivity contribution in [3.63, 3.8) is 0 Å². The van der Waals surface area contributed by atoms with E-state index in [2.05, 4.69) is 5.32 Å². The molecular weight excluding hydrogens is 183 g/mol. The van der Waals surface area contributed by atoms with E-state index in [1.165, 1.54) is 12.1 Å². The van der Waals surface area contributed by atoms with Crippen LogP contribution in [-0.4, -0.2) is 18.7 Å². The van der Waals surface area contributed by atoms with Gasteiger partial charge in [-0.05, 0) is 19.1 Å². The molecule has 0 fully saturated rings. The molecule has 0 bridgehead atoms. The van der Waals surface area contributed by atoms with Gasteiger partial charge in [0.1, 0.15) is 17.7 Å². The van der Waals surface area contributed by atoms with Crippen molar-refractivity contribution in [1.82, 2.24) is 0 Å². The smallest absolute Gasteiger partial charge is 0.143 e. The molecule has 0 amide bonds. The summed E-state index contributed by atoms with van der Waals surface area (Å²) in [4.78, 5) is 0. The number of ether oxygens (including phenoxy) is 1. The van der Waals surface area contributed by atoms with E-state index in [0.717, 1.165) is 0 Å². The molecule has 0 aliphatic carbocycles. The molecule has 1 aromatic carbocycles. The van der Waals surface area contributed by atoms with Crippen molar-refractivity contribution in [3.05, 3.63) is 24.0 Å². The monoisotopic (exact) mass is 196 g/mol. The topological polar surface area (TPSA) is 47.3 Å². The molecule has 2 rings (SSSR count). The van der Waals surface area contributed by atoms with Crippen molar-refractivity contribution < 1.29 is 9.13 Å². The van der Waals surface area contributed by atoms with Gasteiger partial charge in [-0.2, -0.15) is 0 Å². The largest absolute Gasteiger partial charge is 0.487 e. The number of halogens is 1. The summed E-state index contributed by atoms with van der Waals surface area (Å²) in [7, 11) is 0. The van der Waals surface area contributed by atoms with Crippen LogP contribution < -0.4 is 15.8 Å². The minimum atomic E-state index is -0.275. The SMILES string of the molecule is C[C@H]1Oc2ccc(F)cc2NC[C@@H]1N. The second-order valence-electron chi connectivity index (χ2n) is 3.51. The first-order chi connectivity index (χ1) is 6.66. The number of anilines is 1. The van der Waals surface area contributed by atoms with Crippen LogP contribution in [0.25, 0.3) is 0 Å². The molecule has 3 nitrogen and oxygen atoms in total. The fourth-order valence-corrected chi connectivity index (χ4v) is 1.42. The van der Waals surface area contributed by atoms with E-state index in [0.29, 0.717) is 18.0 Å². The Morgan fingerprint density at radius 3 is 3.14 bits per heavy atom. The molecule has 1 aromatic rings. The maximum absolute atomic E-state index is 12.9. The Morgan fingerprint density at radius 2 is 2.36 bits per heavy atom. The number of hydrogen-bond acceptors (Lipinski definition) is 3. The van der Waals surface area contributed by atoms with Crippen LogP contribution in [0.15, 0.2) is 18.2 Å². The summed E-state index contributed by atoms with van der Waals surface area (Å²) in [5.74, 6) is 0.384. The maximum atomic E-state index is 12.9. The highest BCUT2D eigenvalue weighted by atomic mass is 19.1. The highest BCUT2D eigenvalue weighted by Crippen LogP contribution is 2.28. The number of fused-ring (bicyclic) bond motifs is 1. The van der Waals surface area contributed by atoms with Gasteiger partial charge in [0.2, 0.25) is 0 Å². The summed E-state index contributed by atoms with van der Waals surface area (Å²) in [6.45, 7) is 2.50. The van der Waals surface area contributed by atoms with Crippen molar-refractivity contribution in [2.75, 3.05) is 11.9 Å². The van der Waals surface area contributed by atoms with Crippen molar-refractivity contribution in [2.24, 2.45) is 5.73 Å². The Hall–Kier alpha value is -1.29. The van der Waals surface area contributed by atoms with Gasteiger partial charge < -0.3 is 15.8 Å². The van der Waals surface area contributed by atoms with Crippen molar-refractivity contribution in [3.8, 4) is 5.75 Å². The van der Waals surface area contributed by atoms with E-state index < -0.39 is 0 Å². The highest BCUT2D eigenvalue weighted by molar-refractivity contribution is 5.57. The molecule has 76 valence electrons. The molecule has 1 aliphatic heterocycles. The van der Waals surface area contributed by atoms with Crippen molar-refractivity contribution in [1.29, 1.82) is 0 Å². The van der Waals surface area contributed by atoms with Crippen LogP contribution in [0.1, 0.15) is 6.92 Å². The zero-order chi connectivity index (χ0) is 10.1. The van der Waals surface area contributed by atoms with Crippen LogP contribution >= 0.6 is 0 Å². The summed E-state index contributed by atoms with van der Waals surface area (Å²) >= 11 is 0. The van der Waals surface area contributed by atoms with Gasteiger partial charge in [-0.1, -0.05) is 0 Å². The summed E-state index contributed by atoms with van der Waals surface area (Å²) in [6, 6.07) is 4.33. The van der Waals surface area contributed by atoms with E-state index in [-0.39, 0.29) is 18.0 Å². The molecule has 0 spiro atoms. The van der Waals surface area contributed by atoms with Crippen LogP contribution in [0.5, 0.6) is 5.75 Å². The lowest BCUT2D eigenvalue weighted by atomic mass is 10.2. The first kappa shape index (κ1) is 9.27. The van der Waals surface area contributed by atoms with Gasteiger partial charge in [-0.15, -0.1) is 0 Å². The normalized spacial score (nSPS) is 25.6. The maximum Gasteiger partial charge on any atom is 0.143 e. The Balaban J connectivity index is 2.33. The summed E-state index contributed by atoms with van der Waals surface area (Å²) < 4.78 is 18.5. The lowest BCUT2D eigenvalue weighted by molar-refractivity contribution is 0.200. The summed E-state index contributed by atoms with van der Waals surface area (Å²) in [6.07, 6.45) is -0.0609. The van der Waals surface area contributed by atoms with Crippen LogP contribution in [0.3, 0.4) is 0 Å². The van der Waals surface area contributed by atoms with Gasteiger partial charge in [0, 0.05) is 12.6 Å². The van der Waals surface area contributed by atoms with Gasteiger partial charge in [-0.25, -0.2) is 4.39 Å². The van der Waals surface area contributed by atoms with Crippen LogP contribution in [0.4, 0.5) is 10.1 Å². The zero-order valence-corrected chi connectivity index (χ0v) is 7.96. The number of nitrogens with one attached hydrogen (secondary N) is 1. The van der Waals surface area contributed by atoms with Crippen LogP contribution in [-0.2, 0) is 0 Å². The minimum absolute atomic E-state index is 0.0609. The Morgan fingerprint density at radius 1 is 1.57 bits per heavy atom. The lowest BCUT2D eigenvalue weighted by Gasteiger charge is -2.16. The molecular formula is C10H13FN2O. The van der Waals surface area contributed by atoms with E-state index in [1.807, 2.05) is 6.92 Å². The van der Waals surface area contributed by atoms with Gasteiger partial charge in [0.05, 0.1) is 11.7 Å². The average molecular weight is 196 g/mol. The van der Waals surface area contributed by atoms with Gasteiger partial charge in [0.25, 0.3) is 0 Å². The van der Waals surface area contributed by atoms with Crippen LogP contribution in [0.2, 0.25) is 0 Å². The molecule has 3 N–H and O–H groups in total. The number of hydrogen-bond donors (Lipinski definition) is 2. The number of nitrogens with two attached hydrogens (primary N) is 1. The molecule has 0 saturated carbocycles. The molecule has 0 radical (unpaired) electrons. The number of benzene rings is 1. The van der Waals surface area contributed by atoms with E-state index >= 15 is 0 Å². The first-order valence-corrected chi connectivity index (χ1v) is 4.62. The Bertz CT molecular complexity index is 343. The fraction of sp³-hybridized carbons (Fsp3) is 0.400. The Labute approximate surface area is 82.1 Å². The minimum Gasteiger partial charge on any atom is -0.487 e. The first-order valence-electron chi connectivity index (χ1n) is 4.62. The third-order valence-corrected chi connectivity index (χ3v) is 2.39. The lowest BCUT2D eigenvalue weighted by Crippen LogP contribution is -2.40. The number of rotatable bonds is 0. The quantitative estimate of drug-likeness (QED) is 0.658. The van der Waals surface area contributed by atoms with E-state index in [4.69, 9.17) is 10.5 Å². The molecule has 0 unspecified atom stereocenters. The zero-order valence-electron chi connectivity index (χ0n) is 7.96. The molecule has 0 aromatic heterocycles. The second kappa shape index (κ2) is 3.46. The fourth-order valence-electron chi connectivity index (χ4n) is 1.42. The average Bonchev–Trinajstić information content (AvgIpc) is 2.29. The standard InChI is InChI=1S/C10H13FN2O/c1-6-8(12)5-13-9-4-7(11)2-3-10(9)14-6/h2-4,6,8,13H,5,12H2,1H3/t6-,8+/m1/s1. The van der Waals surface area contributed by atoms with Crippen molar-refractivity contribution in [2.45, 2.75) is 19.1 Å². The summed E-state index contributed by atoms with van der Waals surface area (Å²) in [5, 5.41) is 3.06. The molecule has 4 heteroatoms. The third kappa shape index (κ3) is 1.65. The molecule has 14 heavy (non-hydrogen) atoms. The van der Waals surface area contributed by atoms with Gasteiger partial charge in [-0.3, -0.25) is 0 Å². The summed E-state index contributed by atoms with van der Waals surface area (Å²) in [5.41, 5.74) is 6.49. The molecule has 1 aliphatic rings. The highest BCUT2D eigenvalue weighted by Gasteiger charge is 2.20. The van der Waals surface area contributed by atoms with Crippen molar-refractivity contribution >= 4 is 5.69 Å². The van der Waals surface area contributed by atoms with E-state index in [1.54, 1.807) is 6.07 Å². The molecule has 1 heterocycles. The predicted octanol–water partition coefficient (Wildman–Crippen LogP) is 1.35. The second-order valence-corrected chi connectivity index (χ2v) is 3.51. The van der Waals surface area contributed by atoms with E-state index in [9.17, 15) is 4.39 Å². The third-order valence-electron chi connectivity index (χ3n) is 2.39. The van der Waals surface area contributed by atoms with Gasteiger partial charge >= 0.3 is 0 Å². The molecule has 2 atom stereocenters. The van der Waals surface area contributed by atoms with Gasteiger partial charge in [0.15, 0.2) is 0 Å². The Kier molecular flexibility index (Phi) is 2.29. The molecule has 0 saturated heterocycles. The predicted molar refractivity (Wildman–Crippen MR) is 53.0 cm³/mol.